The molecule has 1 atom stereocenters. The van der Waals surface area contributed by atoms with Gasteiger partial charge >= 0.3 is 6.18 Å². The van der Waals surface area contributed by atoms with Gasteiger partial charge < -0.3 is 15.7 Å². The molecule has 3 N–H and O–H groups in total. The summed E-state index contributed by atoms with van der Waals surface area (Å²) in [6, 6.07) is 6.77. The molecule has 0 aromatic heterocycles. The summed E-state index contributed by atoms with van der Waals surface area (Å²) in [6.45, 7) is 1.58. The quantitative estimate of drug-likeness (QED) is 0.863. The van der Waals surface area contributed by atoms with E-state index in [2.05, 4.69) is 0 Å². The van der Waals surface area contributed by atoms with E-state index in [9.17, 15) is 18.0 Å². The SMILES string of the molecule is NC(=O)c1ccc(N2CCN(CC(O)C(F)(F)F)CC2)cc1. The lowest BCUT2D eigenvalue weighted by atomic mass is 10.1. The molecule has 0 aliphatic carbocycles. The van der Waals surface area contributed by atoms with Crippen LogP contribution in [0.1, 0.15) is 10.4 Å². The van der Waals surface area contributed by atoms with E-state index in [-0.39, 0.29) is 0 Å². The van der Waals surface area contributed by atoms with Gasteiger partial charge in [-0.15, -0.1) is 0 Å². The molecule has 1 heterocycles. The number of β-amino-alcohol motifs (C(OH)–C–C–N with tert-alkyl or cyclic N) is 1. The Morgan fingerprint density at radius 1 is 1.18 bits per heavy atom. The van der Waals surface area contributed by atoms with Crippen LogP contribution in [0.4, 0.5) is 18.9 Å². The number of alkyl halides is 3. The summed E-state index contributed by atoms with van der Waals surface area (Å²) in [5, 5.41) is 9.08. The molecule has 1 saturated heterocycles. The Morgan fingerprint density at radius 2 is 1.73 bits per heavy atom. The van der Waals surface area contributed by atoms with Crippen LogP contribution < -0.4 is 10.6 Å². The minimum Gasteiger partial charge on any atom is -0.382 e. The average molecular weight is 317 g/mol. The molecule has 0 radical (unpaired) electrons. The summed E-state index contributed by atoms with van der Waals surface area (Å²) >= 11 is 0. The molecule has 0 bridgehead atoms. The van der Waals surface area contributed by atoms with Crippen LogP contribution in [0.15, 0.2) is 24.3 Å². The van der Waals surface area contributed by atoms with E-state index >= 15 is 0 Å². The van der Waals surface area contributed by atoms with Gasteiger partial charge in [0.15, 0.2) is 6.10 Å². The zero-order valence-corrected chi connectivity index (χ0v) is 11.9. The number of aliphatic hydroxyl groups excluding tert-OH is 1. The van der Waals surface area contributed by atoms with Gasteiger partial charge in [0.25, 0.3) is 0 Å². The van der Waals surface area contributed by atoms with Gasteiger partial charge in [0.2, 0.25) is 5.91 Å². The molecule has 0 spiro atoms. The Kier molecular flexibility index (Phi) is 4.92. The van der Waals surface area contributed by atoms with Crippen molar-refractivity contribution >= 4 is 11.6 Å². The number of hydrogen-bond donors (Lipinski definition) is 2. The molecule has 1 unspecified atom stereocenters. The Hall–Kier alpha value is -1.80. The maximum atomic E-state index is 12.3. The summed E-state index contributed by atoms with van der Waals surface area (Å²) in [5.74, 6) is -0.502. The molecular weight excluding hydrogens is 299 g/mol. The predicted octanol–water partition coefficient (Wildman–Crippen LogP) is 0.831. The van der Waals surface area contributed by atoms with Crippen molar-refractivity contribution in [2.24, 2.45) is 5.73 Å². The smallest absolute Gasteiger partial charge is 0.382 e. The van der Waals surface area contributed by atoms with Crippen molar-refractivity contribution < 1.29 is 23.1 Å². The van der Waals surface area contributed by atoms with Crippen molar-refractivity contribution in [3.8, 4) is 0 Å². The van der Waals surface area contributed by atoms with E-state index in [0.717, 1.165) is 5.69 Å². The standard InChI is InChI=1S/C14H18F3N3O2/c15-14(16,17)12(21)9-19-5-7-20(8-6-19)11-3-1-10(2-4-11)13(18)22/h1-4,12,21H,5-9H2,(H2,18,22). The molecular formula is C14H18F3N3O2. The highest BCUT2D eigenvalue weighted by Crippen LogP contribution is 2.22. The first-order chi connectivity index (χ1) is 10.3. The number of piperazine rings is 1. The van der Waals surface area contributed by atoms with Crippen LogP contribution in [0, 0.1) is 0 Å². The number of amides is 1. The summed E-state index contributed by atoms with van der Waals surface area (Å²) < 4.78 is 37.0. The Balaban J connectivity index is 1.88. The molecule has 2 rings (SSSR count). The molecule has 5 nitrogen and oxygen atoms in total. The number of halogens is 3. The Labute approximate surface area is 126 Å². The molecule has 1 fully saturated rings. The van der Waals surface area contributed by atoms with Crippen LogP contribution in [0.3, 0.4) is 0 Å². The van der Waals surface area contributed by atoms with Crippen LogP contribution in [-0.2, 0) is 0 Å². The van der Waals surface area contributed by atoms with Gasteiger partial charge in [-0.1, -0.05) is 0 Å². The van der Waals surface area contributed by atoms with Crippen LogP contribution >= 0.6 is 0 Å². The highest BCUT2D eigenvalue weighted by atomic mass is 19.4. The molecule has 1 aromatic carbocycles. The van der Waals surface area contributed by atoms with Crippen molar-refractivity contribution in [2.75, 3.05) is 37.6 Å². The summed E-state index contributed by atoms with van der Waals surface area (Å²) in [7, 11) is 0. The summed E-state index contributed by atoms with van der Waals surface area (Å²) in [4.78, 5) is 14.6. The van der Waals surface area contributed by atoms with Gasteiger partial charge in [-0.05, 0) is 24.3 Å². The summed E-state index contributed by atoms with van der Waals surface area (Å²) in [6.07, 6.45) is -6.89. The Bertz CT molecular complexity index is 511. The first-order valence-electron chi connectivity index (χ1n) is 6.89. The minimum absolute atomic E-state index is 0.405. The fourth-order valence-electron chi connectivity index (χ4n) is 2.37. The van der Waals surface area contributed by atoms with E-state index < -0.39 is 24.7 Å². The lowest BCUT2D eigenvalue weighted by Gasteiger charge is -2.37. The number of aliphatic hydroxyl groups is 1. The fourth-order valence-corrected chi connectivity index (χ4v) is 2.37. The normalized spacial score (nSPS) is 18.3. The second-order valence-electron chi connectivity index (χ2n) is 5.26. The number of hydrogen-bond acceptors (Lipinski definition) is 4. The minimum atomic E-state index is -4.58. The third-order valence-electron chi connectivity index (χ3n) is 3.70. The first kappa shape index (κ1) is 16.6. The van der Waals surface area contributed by atoms with E-state index in [1.807, 2.05) is 4.90 Å². The van der Waals surface area contributed by atoms with Crippen LogP contribution in [0.25, 0.3) is 0 Å². The number of carbonyl (C=O) groups is 1. The fraction of sp³-hybridized carbons (Fsp3) is 0.500. The van der Waals surface area contributed by atoms with Gasteiger partial charge in [-0.2, -0.15) is 13.2 Å². The number of benzene rings is 1. The lowest BCUT2D eigenvalue weighted by molar-refractivity contribution is -0.208. The third-order valence-corrected chi connectivity index (χ3v) is 3.70. The highest BCUT2D eigenvalue weighted by molar-refractivity contribution is 5.93. The molecule has 8 heteroatoms. The molecule has 122 valence electrons. The zero-order chi connectivity index (χ0) is 16.3. The van der Waals surface area contributed by atoms with Gasteiger partial charge in [0.05, 0.1) is 0 Å². The molecule has 1 aromatic rings. The van der Waals surface area contributed by atoms with E-state index in [1.165, 1.54) is 0 Å². The molecule has 22 heavy (non-hydrogen) atoms. The van der Waals surface area contributed by atoms with Gasteiger partial charge in [-0.25, -0.2) is 0 Å². The highest BCUT2D eigenvalue weighted by Gasteiger charge is 2.39. The first-order valence-corrected chi connectivity index (χ1v) is 6.89. The van der Waals surface area contributed by atoms with Crippen molar-refractivity contribution in [2.45, 2.75) is 12.3 Å². The van der Waals surface area contributed by atoms with E-state index in [1.54, 1.807) is 29.2 Å². The largest absolute Gasteiger partial charge is 0.415 e. The van der Waals surface area contributed by atoms with E-state index in [4.69, 9.17) is 10.8 Å². The third kappa shape index (κ3) is 4.11. The topological polar surface area (TPSA) is 69.8 Å². The maximum absolute atomic E-state index is 12.3. The molecule has 0 saturated carbocycles. The number of anilines is 1. The zero-order valence-electron chi connectivity index (χ0n) is 11.9. The second kappa shape index (κ2) is 6.53. The predicted molar refractivity (Wildman–Crippen MR) is 75.7 cm³/mol. The monoisotopic (exact) mass is 317 g/mol. The van der Waals surface area contributed by atoms with Crippen LogP contribution in [0.2, 0.25) is 0 Å². The Morgan fingerprint density at radius 3 is 2.18 bits per heavy atom. The van der Waals surface area contributed by atoms with Crippen LogP contribution in [-0.4, -0.2) is 60.9 Å². The maximum Gasteiger partial charge on any atom is 0.415 e. The van der Waals surface area contributed by atoms with Gasteiger partial charge in [0.1, 0.15) is 0 Å². The lowest BCUT2D eigenvalue weighted by Crippen LogP contribution is -2.50. The van der Waals surface area contributed by atoms with Crippen LogP contribution in [0.5, 0.6) is 0 Å². The number of rotatable bonds is 4. The molecule has 1 aliphatic rings. The average Bonchev–Trinajstić information content (AvgIpc) is 2.47. The molecule has 1 aliphatic heterocycles. The van der Waals surface area contributed by atoms with Gasteiger partial charge in [0, 0.05) is 44.0 Å². The number of nitrogens with two attached hydrogens (primary N) is 1. The number of nitrogens with zero attached hydrogens (tertiary/aromatic N) is 2. The molecule has 1 amide bonds. The van der Waals surface area contributed by atoms with Crippen molar-refractivity contribution in [3.05, 3.63) is 29.8 Å². The van der Waals surface area contributed by atoms with E-state index in [0.29, 0.717) is 31.7 Å². The summed E-state index contributed by atoms with van der Waals surface area (Å²) in [5.41, 5.74) is 6.47. The van der Waals surface area contributed by atoms with Crippen molar-refractivity contribution in [3.63, 3.8) is 0 Å². The van der Waals surface area contributed by atoms with Crippen molar-refractivity contribution in [1.82, 2.24) is 4.90 Å². The number of primary amides is 1. The van der Waals surface area contributed by atoms with Crippen molar-refractivity contribution in [1.29, 1.82) is 0 Å². The second-order valence-corrected chi connectivity index (χ2v) is 5.26. The number of carbonyl (C=O) groups excluding carboxylic acids is 1. The van der Waals surface area contributed by atoms with Gasteiger partial charge in [-0.3, -0.25) is 9.69 Å².